The first-order valence-electron chi connectivity index (χ1n) is 9.99. The van der Waals surface area contributed by atoms with Gasteiger partial charge < -0.3 is 4.90 Å². The Hall–Kier alpha value is -0.870. The van der Waals surface area contributed by atoms with Gasteiger partial charge >= 0.3 is 0 Å². The number of piperidine rings is 1. The molecule has 0 amide bonds. The summed E-state index contributed by atoms with van der Waals surface area (Å²) >= 11 is 0. The smallest absolute Gasteiger partial charge is 0.0534 e. The Morgan fingerprint density at radius 2 is 1.67 bits per heavy atom. The standard InChI is InChI=1S/C20H36N4/c1-16(2)12-22-8-5-19(6-9-22)20-7-10-23(15-20)13-18-11-21-24(14-18)17(3)4/h11,14,16-17,19-20H,5-10,12-13,15H2,1-4H3. The van der Waals surface area contributed by atoms with Crippen molar-refractivity contribution in [3.63, 3.8) is 0 Å². The molecule has 0 aliphatic carbocycles. The van der Waals surface area contributed by atoms with Crippen molar-refractivity contribution >= 4 is 0 Å². The summed E-state index contributed by atoms with van der Waals surface area (Å²) in [7, 11) is 0. The average Bonchev–Trinajstić information content (AvgIpc) is 3.17. The van der Waals surface area contributed by atoms with E-state index in [1.165, 1.54) is 57.5 Å². The molecule has 0 N–H and O–H groups in total. The van der Waals surface area contributed by atoms with Crippen molar-refractivity contribution in [3.8, 4) is 0 Å². The molecule has 0 bridgehead atoms. The predicted octanol–water partition coefficient (Wildman–Crippen LogP) is 3.65. The molecule has 0 radical (unpaired) electrons. The summed E-state index contributed by atoms with van der Waals surface area (Å²) in [5.74, 6) is 2.68. The molecule has 2 fully saturated rings. The van der Waals surface area contributed by atoms with E-state index in [0.717, 1.165) is 24.3 Å². The molecule has 2 aliphatic heterocycles. The molecule has 4 nitrogen and oxygen atoms in total. The van der Waals surface area contributed by atoms with Crippen LogP contribution in [0.1, 0.15) is 58.6 Å². The predicted molar refractivity (Wildman–Crippen MR) is 100.0 cm³/mol. The minimum Gasteiger partial charge on any atom is -0.303 e. The Morgan fingerprint density at radius 3 is 2.29 bits per heavy atom. The largest absolute Gasteiger partial charge is 0.303 e. The zero-order valence-electron chi connectivity index (χ0n) is 16.1. The highest BCUT2D eigenvalue weighted by Gasteiger charge is 2.31. The van der Waals surface area contributed by atoms with Gasteiger partial charge in [0.1, 0.15) is 0 Å². The molecule has 1 atom stereocenters. The summed E-state index contributed by atoms with van der Waals surface area (Å²) in [5, 5.41) is 4.48. The van der Waals surface area contributed by atoms with Gasteiger partial charge in [0.2, 0.25) is 0 Å². The van der Waals surface area contributed by atoms with Crippen LogP contribution in [-0.4, -0.2) is 52.3 Å². The number of rotatable bonds is 6. The summed E-state index contributed by atoms with van der Waals surface area (Å²) in [5.41, 5.74) is 1.37. The Morgan fingerprint density at radius 1 is 1.00 bits per heavy atom. The highest BCUT2D eigenvalue weighted by atomic mass is 15.3. The van der Waals surface area contributed by atoms with E-state index in [1.54, 1.807) is 0 Å². The molecule has 2 saturated heterocycles. The number of hydrogen-bond acceptors (Lipinski definition) is 3. The van der Waals surface area contributed by atoms with E-state index in [2.05, 4.69) is 59.7 Å². The zero-order valence-corrected chi connectivity index (χ0v) is 16.1. The molecule has 1 unspecified atom stereocenters. The van der Waals surface area contributed by atoms with E-state index in [1.807, 2.05) is 0 Å². The minimum absolute atomic E-state index is 0.459. The third-order valence-electron chi connectivity index (χ3n) is 5.82. The van der Waals surface area contributed by atoms with Gasteiger partial charge in [-0.3, -0.25) is 9.58 Å². The number of likely N-dealkylation sites (tertiary alicyclic amines) is 2. The van der Waals surface area contributed by atoms with Crippen LogP contribution in [0.2, 0.25) is 0 Å². The maximum absolute atomic E-state index is 4.48. The molecule has 3 rings (SSSR count). The summed E-state index contributed by atoms with van der Waals surface area (Å²) < 4.78 is 2.08. The van der Waals surface area contributed by atoms with Crippen molar-refractivity contribution in [1.82, 2.24) is 19.6 Å². The molecule has 3 heterocycles. The first-order chi connectivity index (χ1) is 11.5. The van der Waals surface area contributed by atoms with Crippen LogP contribution in [0, 0.1) is 17.8 Å². The van der Waals surface area contributed by atoms with Crippen molar-refractivity contribution in [1.29, 1.82) is 0 Å². The SMILES string of the molecule is CC(C)CN1CCC(C2CCN(Cc3cnn(C(C)C)c3)C2)CC1. The summed E-state index contributed by atoms with van der Waals surface area (Å²) in [6.07, 6.45) is 8.50. The summed E-state index contributed by atoms with van der Waals surface area (Å²) in [6, 6.07) is 0.459. The van der Waals surface area contributed by atoms with Gasteiger partial charge in [-0.25, -0.2) is 0 Å². The molecule has 24 heavy (non-hydrogen) atoms. The summed E-state index contributed by atoms with van der Waals surface area (Å²) in [6.45, 7) is 16.6. The van der Waals surface area contributed by atoms with Crippen molar-refractivity contribution in [2.45, 2.75) is 59.5 Å². The van der Waals surface area contributed by atoms with E-state index < -0.39 is 0 Å². The van der Waals surface area contributed by atoms with Crippen LogP contribution in [0.5, 0.6) is 0 Å². The van der Waals surface area contributed by atoms with Crippen LogP contribution in [0.15, 0.2) is 12.4 Å². The Balaban J connectivity index is 1.44. The first kappa shape index (κ1) is 17.9. The Kier molecular flexibility index (Phi) is 5.98. The summed E-state index contributed by atoms with van der Waals surface area (Å²) in [4.78, 5) is 5.32. The fourth-order valence-electron chi connectivity index (χ4n) is 4.51. The van der Waals surface area contributed by atoms with Crippen LogP contribution in [0.25, 0.3) is 0 Å². The second-order valence-electron chi connectivity index (χ2n) is 8.74. The van der Waals surface area contributed by atoms with E-state index in [4.69, 9.17) is 0 Å². The topological polar surface area (TPSA) is 24.3 Å². The highest BCUT2D eigenvalue weighted by molar-refractivity contribution is 5.05. The molecular weight excluding hydrogens is 296 g/mol. The molecule has 1 aromatic heterocycles. The third-order valence-corrected chi connectivity index (χ3v) is 5.82. The molecule has 1 aromatic rings. The van der Waals surface area contributed by atoms with Crippen LogP contribution < -0.4 is 0 Å². The lowest BCUT2D eigenvalue weighted by molar-refractivity contribution is 0.135. The van der Waals surface area contributed by atoms with Gasteiger partial charge in [0.15, 0.2) is 0 Å². The Labute approximate surface area is 148 Å². The Bertz CT molecular complexity index is 499. The molecule has 136 valence electrons. The monoisotopic (exact) mass is 332 g/mol. The van der Waals surface area contributed by atoms with Gasteiger partial charge in [0, 0.05) is 37.4 Å². The van der Waals surface area contributed by atoms with Gasteiger partial charge in [0.25, 0.3) is 0 Å². The van der Waals surface area contributed by atoms with Gasteiger partial charge in [-0.15, -0.1) is 0 Å². The fraction of sp³-hybridized carbons (Fsp3) is 0.850. The van der Waals surface area contributed by atoms with E-state index in [9.17, 15) is 0 Å². The lowest BCUT2D eigenvalue weighted by atomic mass is 9.83. The molecule has 4 heteroatoms. The van der Waals surface area contributed by atoms with Crippen molar-refractivity contribution in [2.75, 3.05) is 32.7 Å². The van der Waals surface area contributed by atoms with Crippen LogP contribution in [0.3, 0.4) is 0 Å². The van der Waals surface area contributed by atoms with Crippen LogP contribution in [-0.2, 0) is 6.54 Å². The number of hydrogen-bond donors (Lipinski definition) is 0. The van der Waals surface area contributed by atoms with Crippen LogP contribution in [0.4, 0.5) is 0 Å². The van der Waals surface area contributed by atoms with E-state index >= 15 is 0 Å². The molecule has 0 saturated carbocycles. The molecule has 0 aromatic carbocycles. The van der Waals surface area contributed by atoms with Gasteiger partial charge in [-0.1, -0.05) is 13.8 Å². The first-order valence-corrected chi connectivity index (χ1v) is 9.99. The second-order valence-corrected chi connectivity index (χ2v) is 8.74. The number of aromatic nitrogens is 2. The van der Waals surface area contributed by atoms with Gasteiger partial charge in [-0.2, -0.15) is 5.10 Å². The number of nitrogens with zero attached hydrogens (tertiary/aromatic N) is 4. The third kappa shape index (κ3) is 4.60. The highest BCUT2D eigenvalue weighted by Crippen LogP contribution is 2.32. The molecular formula is C20H36N4. The quantitative estimate of drug-likeness (QED) is 0.795. The van der Waals surface area contributed by atoms with Crippen LogP contribution >= 0.6 is 0 Å². The maximum Gasteiger partial charge on any atom is 0.0534 e. The van der Waals surface area contributed by atoms with Gasteiger partial charge in [-0.05, 0) is 70.5 Å². The molecule has 2 aliphatic rings. The average molecular weight is 333 g/mol. The maximum atomic E-state index is 4.48. The van der Waals surface area contributed by atoms with E-state index in [-0.39, 0.29) is 0 Å². The lowest BCUT2D eigenvalue weighted by Crippen LogP contribution is -2.38. The van der Waals surface area contributed by atoms with Crippen molar-refractivity contribution in [3.05, 3.63) is 18.0 Å². The van der Waals surface area contributed by atoms with Crippen molar-refractivity contribution < 1.29 is 0 Å². The minimum atomic E-state index is 0.459. The fourth-order valence-corrected chi connectivity index (χ4v) is 4.51. The molecule has 0 spiro atoms. The zero-order chi connectivity index (χ0) is 17.1. The lowest BCUT2D eigenvalue weighted by Gasteiger charge is -2.35. The van der Waals surface area contributed by atoms with E-state index in [0.29, 0.717) is 6.04 Å². The second kappa shape index (κ2) is 8.01. The normalized spacial score (nSPS) is 24.5. The van der Waals surface area contributed by atoms with Crippen molar-refractivity contribution in [2.24, 2.45) is 17.8 Å². The van der Waals surface area contributed by atoms with Gasteiger partial charge in [0.05, 0.1) is 6.20 Å².